The van der Waals surface area contributed by atoms with Gasteiger partial charge in [0.1, 0.15) is 0 Å². The molecule has 0 saturated heterocycles. The summed E-state index contributed by atoms with van der Waals surface area (Å²) >= 11 is 0. The number of carbonyl (C=O) groups is 1. The smallest absolute Gasteiger partial charge is 0.196 e. The Labute approximate surface area is 107 Å². The van der Waals surface area contributed by atoms with Crippen LogP contribution in [0.25, 0.3) is 0 Å². The molecule has 0 bridgehead atoms. The molecule has 0 aliphatic heterocycles. The van der Waals surface area contributed by atoms with Crippen molar-refractivity contribution in [1.82, 2.24) is 0 Å². The van der Waals surface area contributed by atoms with Gasteiger partial charge < -0.3 is 5.73 Å². The molecule has 0 aromatic heterocycles. The molecule has 0 aliphatic rings. The van der Waals surface area contributed by atoms with Gasteiger partial charge >= 0.3 is 0 Å². The third kappa shape index (κ3) is 2.31. The Bertz CT molecular complexity index is 668. The van der Waals surface area contributed by atoms with E-state index >= 15 is 0 Å². The van der Waals surface area contributed by atoms with Crippen molar-refractivity contribution in [3.05, 3.63) is 64.5 Å². The number of hydrogen-bond acceptors (Lipinski definition) is 2. The minimum Gasteiger partial charge on any atom is -0.399 e. The quantitative estimate of drug-likeness (QED) is 0.514. The minimum absolute atomic E-state index is 0.164. The van der Waals surface area contributed by atoms with Crippen molar-refractivity contribution in [2.24, 2.45) is 0 Å². The van der Waals surface area contributed by atoms with Crippen LogP contribution in [-0.2, 0) is 0 Å². The Morgan fingerprint density at radius 3 is 2.37 bits per heavy atom. The first-order valence-electron chi connectivity index (χ1n) is 5.46. The second kappa shape index (κ2) is 4.76. The Morgan fingerprint density at radius 2 is 1.74 bits per heavy atom. The van der Waals surface area contributed by atoms with Gasteiger partial charge in [-0.05, 0) is 42.8 Å². The molecular weight excluding hydrogens is 255 g/mol. The van der Waals surface area contributed by atoms with E-state index < -0.39 is 28.8 Å². The zero-order valence-electron chi connectivity index (χ0n) is 10.0. The van der Waals surface area contributed by atoms with Crippen LogP contribution >= 0.6 is 0 Å². The zero-order valence-corrected chi connectivity index (χ0v) is 10.0. The summed E-state index contributed by atoms with van der Waals surface area (Å²) in [4.78, 5) is 12.0. The number of nitrogen functional groups attached to an aromatic ring is 1. The van der Waals surface area contributed by atoms with Crippen LogP contribution < -0.4 is 5.73 Å². The van der Waals surface area contributed by atoms with Gasteiger partial charge in [0.2, 0.25) is 0 Å². The lowest BCUT2D eigenvalue weighted by Gasteiger charge is -2.06. The molecule has 0 atom stereocenters. The van der Waals surface area contributed by atoms with Crippen LogP contribution in [0.5, 0.6) is 0 Å². The Hall–Kier alpha value is -2.30. The van der Waals surface area contributed by atoms with Gasteiger partial charge in [0.25, 0.3) is 0 Å². The average Bonchev–Trinajstić information content (AvgIpc) is 2.39. The molecule has 0 radical (unpaired) electrons. The van der Waals surface area contributed by atoms with E-state index in [2.05, 4.69) is 0 Å². The predicted molar refractivity (Wildman–Crippen MR) is 65.3 cm³/mol. The van der Waals surface area contributed by atoms with Crippen molar-refractivity contribution in [2.45, 2.75) is 6.92 Å². The zero-order chi connectivity index (χ0) is 14.2. The molecule has 0 amide bonds. The summed E-state index contributed by atoms with van der Waals surface area (Å²) in [5.74, 6) is -5.19. The number of ketones is 1. The third-order valence-corrected chi connectivity index (χ3v) is 2.81. The maximum Gasteiger partial charge on any atom is 0.196 e. The van der Waals surface area contributed by atoms with Crippen LogP contribution in [0, 0.1) is 24.4 Å². The lowest BCUT2D eigenvalue weighted by molar-refractivity contribution is 0.103. The molecule has 0 saturated carbocycles. The van der Waals surface area contributed by atoms with Crippen LogP contribution in [0.3, 0.4) is 0 Å². The second-order valence-electron chi connectivity index (χ2n) is 4.12. The van der Waals surface area contributed by atoms with E-state index in [4.69, 9.17) is 5.73 Å². The van der Waals surface area contributed by atoms with Crippen molar-refractivity contribution in [3.8, 4) is 0 Å². The fraction of sp³-hybridized carbons (Fsp3) is 0.0714. The summed E-state index contributed by atoms with van der Waals surface area (Å²) in [6, 6.07) is 6.02. The Kier molecular flexibility index (Phi) is 3.29. The van der Waals surface area contributed by atoms with Crippen LogP contribution in [0.2, 0.25) is 0 Å². The summed E-state index contributed by atoms with van der Waals surface area (Å²) in [6.45, 7) is 1.69. The molecule has 2 rings (SSSR count). The van der Waals surface area contributed by atoms with Crippen LogP contribution in [0.4, 0.5) is 18.9 Å². The molecule has 2 N–H and O–H groups in total. The molecule has 2 aromatic carbocycles. The number of anilines is 1. The van der Waals surface area contributed by atoms with Crippen molar-refractivity contribution in [2.75, 3.05) is 5.73 Å². The summed E-state index contributed by atoms with van der Waals surface area (Å²) in [5.41, 5.74) is 6.39. The molecular formula is C14H10F3NO. The van der Waals surface area contributed by atoms with Crippen molar-refractivity contribution >= 4 is 11.5 Å². The van der Waals surface area contributed by atoms with Crippen LogP contribution in [0.1, 0.15) is 21.5 Å². The molecule has 19 heavy (non-hydrogen) atoms. The topological polar surface area (TPSA) is 43.1 Å². The maximum atomic E-state index is 13.5. The van der Waals surface area contributed by atoms with E-state index in [1.165, 1.54) is 18.2 Å². The summed E-state index contributed by atoms with van der Waals surface area (Å²) in [6.07, 6.45) is 0. The molecule has 0 fully saturated rings. The first-order chi connectivity index (χ1) is 8.91. The fourth-order valence-electron chi connectivity index (χ4n) is 1.67. The standard InChI is InChI=1S/C14H10F3NO/c1-7-6-8(2-5-11(7)18)14(19)9-3-4-10(15)13(17)12(9)16/h2-6H,18H2,1H3. The summed E-state index contributed by atoms with van der Waals surface area (Å²) < 4.78 is 39.4. The molecule has 2 nitrogen and oxygen atoms in total. The van der Waals surface area contributed by atoms with E-state index in [0.717, 1.165) is 12.1 Å². The van der Waals surface area contributed by atoms with Gasteiger partial charge in [0.15, 0.2) is 23.2 Å². The predicted octanol–water partition coefficient (Wildman–Crippen LogP) is 3.23. The largest absolute Gasteiger partial charge is 0.399 e. The molecule has 0 aliphatic carbocycles. The van der Waals surface area contributed by atoms with Gasteiger partial charge in [-0.2, -0.15) is 0 Å². The monoisotopic (exact) mass is 265 g/mol. The number of nitrogens with two attached hydrogens (primary N) is 1. The average molecular weight is 265 g/mol. The first-order valence-corrected chi connectivity index (χ1v) is 5.46. The van der Waals surface area contributed by atoms with Gasteiger partial charge in [-0.3, -0.25) is 4.79 Å². The van der Waals surface area contributed by atoms with E-state index in [-0.39, 0.29) is 5.56 Å². The van der Waals surface area contributed by atoms with Crippen LogP contribution in [-0.4, -0.2) is 5.78 Å². The van der Waals surface area contributed by atoms with E-state index in [0.29, 0.717) is 11.3 Å². The van der Waals surface area contributed by atoms with Crippen LogP contribution in [0.15, 0.2) is 30.3 Å². The highest BCUT2D eigenvalue weighted by Crippen LogP contribution is 2.20. The summed E-state index contributed by atoms with van der Waals surface area (Å²) in [7, 11) is 0. The highest BCUT2D eigenvalue weighted by molar-refractivity contribution is 6.09. The van der Waals surface area contributed by atoms with Crippen molar-refractivity contribution in [3.63, 3.8) is 0 Å². The van der Waals surface area contributed by atoms with E-state index in [1.54, 1.807) is 6.92 Å². The second-order valence-corrected chi connectivity index (χ2v) is 4.12. The van der Waals surface area contributed by atoms with E-state index in [1.807, 2.05) is 0 Å². The third-order valence-electron chi connectivity index (χ3n) is 2.81. The van der Waals surface area contributed by atoms with Gasteiger partial charge in [-0.25, -0.2) is 13.2 Å². The first kappa shape index (κ1) is 13.1. The Balaban J connectivity index is 2.50. The molecule has 0 heterocycles. The van der Waals surface area contributed by atoms with Crippen molar-refractivity contribution in [1.29, 1.82) is 0 Å². The van der Waals surface area contributed by atoms with Gasteiger partial charge in [0.05, 0.1) is 5.56 Å². The molecule has 98 valence electrons. The maximum absolute atomic E-state index is 13.5. The normalized spacial score (nSPS) is 10.5. The highest BCUT2D eigenvalue weighted by Gasteiger charge is 2.20. The fourth-order valence-corrected chi connectivity index (χ4v) is 1.67. The lowest BCUT2D eigenvalue weighted by Crippen LogP contribution is -2.08. The van der Waals surface area contributed by atoms with Crippen molar-refractivity contribution < 1.29 is 18.0 Å². The van der Waals surface area contributed by atoms with E-state index in [9.17, 15) is 18.0 Å². The SMILES string of the molecule is Cc1cc(C(=O)c2ccc(F)c(F)c2F)ccc1N. The highest BCUT2D eigenvalue weighted by atomic mass is 19.2. The number of carbonyl (C=O) groups excluding carboxylic acids is 1. The van der Waals surface area contributed by atoms with Gasteiger partial charge in [-0.15, -0.1) is 0 Å². The number of benzene rings is 2. The Morgan fingerprint density at radius 1 is 1.05 bits per heavy atom. The number of rotatable bonds is 2. The molecule has 5 heteroatoms. The number of hydrogen-bond donors (Lipinski definition) is 1. The minimum atomic E-state index is -1.65. The molecule has 2 aromatic rings. The number of aryl methyl sites for hydroxylation is 1. The lowest BCUT2D eigenvalue weighted by atomic mass is 10.0. The molecule has 0 spiro atoms. The van der Waals surface area contributed by atoms with Gasteiger partial charge in [0, 0.05) is 11.3 Å². The molecule has 0 unspecified atom stereocenters. The number of halogens is 3. The summed E-state index contributed by atoms with van der Waals surface area (Å²) in [5, 5.41) is 0. The van der Waals surface area contributed by atoms with Gasteiger partial charge in [-0.1, -0.05) is 0 Å².